The van der Waals surface area contributed by atoms with Crippen molar-refractivity contribution in [3.8, 4) is 0 Å². The highest BCUT2D eigenvalue weighted by Gasteiger charge is 2.05. The van der Waals surface area contributed by atoms with Crippen molar-refractivity contribution < 1.29 is 9.21 Å². The third kappa shape index (κ3) is 2.21. The Hall–Kier alpha value is -1.84. The van der Waals surface area contributed by atoms with Crippen molar-refractivity contribution in [3.05, 3.63) is 41.9 Å². The fraction of sp³-hybridized carbons (Fsp3) is 0.333. The first kappa shape index (κ1) is 10.7. The standard InChI is InChI=1S/C12H14N2O2/c1-2-3-12-13-6-7-14(12)8-10-4-5-11(9-15)16-10/h4-7,9H,2-3,8H2,1H3. The fourth-order valence-electron chi connectivity index (χ4n) is 1.65. The monoisotopic (exact) mass is 218 g/mol. The van der Waals surface area contributed by atoms with Gasteiger partial charge >= 0.3 is 0 Å². The smallest absolute Gasteiger partial charge is 0.185 e. The molecule has 0 N–H and O–H groups in total. The molecule has 0 saturated heterocycles. The molecular weight excluding hydrogens is 204 g/mol. The van der Waals surface area contributed by atoms with Gasteiger partial charge in [0.1, 0.15) is 11.6 Å². The highest BCUT2D eigenvalue weighted by Crippen LogP contribution is 2.10. The van der Waals surface area contributed by atoms with E-state index in [4.69, 9.17) is 4.42 Å². The van der Waals surface area contributed by atoms with Gasteiger partial charge in [-0.05, 0) is 18.6 Å². The van der Waals surface area contributed by atoms with Crippen LogP contribution in [0.25, 0.3) is 0 Å². The predicted octanol–water partition coefficient (Wildman–Crippen LogP) is 2.29. The largest absolute Gasteiger partial charge is 0.456 e. The number of imidazole rings is 1. The van der Waals surface area contributed by atoms with Crippen LogP contribution in [0.1, 0.15) is 35.5 Å². The number of aromatic nitrogens is 2. The van der Waals surface area contributed by atoms with Crippen LogP contribution in [0.15, 0.2) is 28.9 Å². The maximum atomic E-state index is 10.5. The molecule has 2 heterocycles. The fourth-order valence-corrected chi connectivity index (χ4v) is 1.65. The summed E-state index contributed by atoms with van der Waals surface area (Å²) in [7, 11) is 0. The van der Waals surface area contributed by atoms with Gasteiger partial charge in [0.2, 0.25) is 0 Å². The van der Waals surface area contributed by atoms with E-state index in [0.29, 0.717) is 18.6 Å². The van der Waals surface area contributed by atoms with Gasteiger partial charge in [-0.1, -0.05) is 6.92 Å². The maximum Gasteiger partial charge on any atom is 0.185 e. The molecule has 0 aliphatic rings. The van der Waals surface area contributed by atoms with Gasteiger partial charge in [0.15, 0.2) is 12.0 Å². The molecule has 0 bridgehead atoms. The number of furan rings is 1. The van der Waals surface area contributed by atoms with Gasteiger partial charge in [-0.3, -0.25) is 4.79 Å². The SMILES string of the molecule is CCCc1nccn1Cc1ccc(C=O)o1. The second kappa shape index (κ2) is 4.79. The minimum atomic E-state index is 0.368. The lowest BCUT2D eigenvalue weighted by molar-refractivity contribution is 0.109. The highest BCUT2D eigenvalue weighted by atomic mass is 16.3. The van der Waals surface area contributed by atoms with E-state index in [2.05, 4.69) is 11.9 Å². The number of hydrogen-bond acceptors (Lipinski definition) is 3. The summed E-state index contributed by atoms with van der Waals surface area (Å²) in [6.07, 6.45) is 6.44. The molecule has 0 aliphatic carbocycles. The van der Waals surface area contributed by atoms with Crippen molar-refractivity contribution in [2.75, 3.05) is 0 Å². The first-order chi connectivity index (χ1) is 7.83. The number of carbonyl (C=O) groups is 1. The molecule has 16 heavy (non-hydrogen) atoms. The van der Waals surface area contributed by atoms with E-state index >= 15 is 0 Å². The van der Waals surface area contributed by atoms with E-state index in [-0.39, 0.29) is 0 Å². The molecule has 0 unspecified atom stereocenters. The Morgan fingerprint density at radius 2 is 2.38 bits per heavy atom. The molecule has 2 aromatic rings. The first-order valence-corrected chi connectivity index (χ1v) is 5.37. The third-order valence-electron chi connectivity index (χ3n) is 2.40. The van der Waals surface area contributed by atoms with E-state index in [1.165, 1.54) is 0 Å². The number of rotatable bonds is 5. The van der Waals surface area contributed by atoms with Crippen LogP contribution < -0.4 is 0 Å². The average molecular weight is 218 g/mol. The summed E-state index contributed by atoms with van der Waals surface area (Å²) in [5, 5.41) is 0. The first-order valence-electron chi connectivity index (χ1n) is 5.37. The van der Waals surface area contributed by atoms with Crippen molar-refractivity contribution in [2.24, 2.45) is 0 Å². The molecule has 0 saturated carbocycles. The third-order valence-corrected chi connectivity index (χ3v) is 2.40. The minimum absolute atomic E-state index is 0.368. The van der Waals surface area contributed by atoms with Crippen molar-refractivity contribution in [2.45, 2.75) is 26.3 Å². The van der Waals surface area contributed by atoms with Crippen LogP contribution >= 0.6 is 0 Å². The molecule has 4 nitrogen and oxygen atoms in total. The van der Waals surface area contributed by atoms with E-state index in [1.807, 2.05) is 16.8 Å². The second-order valence-corrected chi connectivity index (χ2v) is 3.64. The van der Waals surface area contributed by atoms with Gasteiger partial charge in [0.05, 0.1) is 6.54 Å². The van der Waals surface area contributed by atoms with Gasteiger partial charge < -0.3 is 8.98 Å². The van der Waals surface area contributed by atoms with Crippen LogP contribution in [0.4, 0.5) is 0 Å². The quantitative estimate of drug-likeness (QED) is 0.723. The summed E-state index contributed by atoms with van der Waals surface area (Å²) < 4.78 is 7.36. The molecule has 0 aliphatic heterocycles. The molecule has 0 atom stereocenters. The summed E-state index contributed by atoms with van der Waals surface area (Å²) in [5.74, 6) is 2.19. The summed E-state index contributed by atoms with van der Waals surface area (Å²) in [5.41, 5.74) is 0. The maximum absolute atomic E-state index is 10.5. The van der Waals surface area contributed by atoms with Gasteiger partial charge in [0, 0.05) is 18.8 Å². The van der Waals surface area contributed by atoms with Crippen molar-refractivity contribution in [1.29, 1.82) is 0 Å². The van der Waals surface area contributed by atoms with E-state index < -0.39 is 0 Å². The number of nitrogens with zero attached hydrogens (tertiary/aromatic N) is 2. The summed E-state index contributed by atoms with van der Waals surface area (Å²) in [6.45, 7) is 2.75. The molecule has 0 radical (unpaired) electrons. The number of hydrogen-bond donors (Lipinski definition) is 0. The molecule has 0 amide bonds. The summed E-state index contributed by atoms with van der Waals surface area (Å²) in [6, 6.07) is 3.50. The van der Waals surface area contributed by atoms with Crippen LogP contribution in [-0.2, 0) is 13.0 Å². The lowest BCUT2D eigenvalue weighted by Gasteiger charge is -2.04. The zero-order valence-electron chi connectivity index (χ0n) is 9.22. The molecule has 2 rings (SSSR count). The molecule has 4 heteroatoms. The van der Waals surface area contributed by atoms with Crippen LogP contribution in [0.2, 0.25) is 0 Å². The molecule has 0 spiro atoms. The van der Waals surface area contributed by atoms with E-state index in [9.17, 15) is 4.79 Å². The Labute approximate surface area is 93.9 Å². The molecular formula is C12H14N2O2. The lowest BCUT2D eigenvalue weighted by atomic mass is 10.3. The Kier molecular flexibility index (Phi) is 3.19. The summed E-state index contributed by atoms with van der Waals surface area (Å²) >= 11 is 0. The Bertz CT molecular complexity index is 471. The van der Waals surface area contributed by atoms with E-state index in [0.717, 1.165) is 24.4 Å². The second-order valence-electron chi connectivity index (χ2n) is 3.64. The lowest BCUT2D eigenvalue weighted by Crippen LogP contribution is -2.03. The topological polar surface area (TPSA) is 48.0 Å². The highest BCUT2D eigenvalue weighted by molar-refractivity contribution is 5.70. The minimum Gasteiger partial charge on any atom is -0.456 e. The van der Waals surface area contributed by atoms with Crippen molar-refractivity contribution in [1.82, 2.24) is 9.55 Å². The normalized spacial score (nSPS) is 10.6. The Morgan fingerprint density at radius 3 is 3.06 bits per heavy atom. The van der Waals surface area contributed by atoms with Crippen LogP contribution in [0, 0.1) is 0 Å². The van der Waals surface area contributed by atoms with Crippen LogP contribution in [-0.4, -0.2) is 15.8 Å². The van der Waals surface area contributed by atoms with Gasteiger partial charge in [0.25, 0.3) is 0 Å². The molecule has 0 aromatic carbocycles. The van der Waals surface area contributed by atoms with Gasteiger partial charge in [-0.2, -0.15) is 0 Å². The molecule has 2 aromatic heterocycles. The number of aryl methyl sites for hydroxylation is 1. The summed E-state index contributed by atoms with van der Waals surface area (Å²) in [4.78, 5) is 14.8. The van der Waals surface area contributed by atoms with E-state index in [1.54, 1.807) is 12.3 Å². The van der Waals surface area contributed by atoms with Gasteiger partial charge in [-0.25, -0.2) is 4.98 Å². The van der Waals surface area contributed by atoms with Crippen LogP contribution in [0.3, 0.4) is 0 Å². The predicted molar refractivity (Wildman–Crippen MR) is 59.4 cm³/mol. The Balaban J connectivity index is 2.13. The molecule has 84 valence electrons. The van der Waals surface area contributed by atoms with Crippen molar-refractivity contribution in [3.63, 3.8) is 0 Å². The number of carbonyl (C=O) groups excluding carboxylic acids is 1. The Morgan fingerprint density at radius 1 is 1.50 bits per heavy atom. The van der Waals surface area contributed by atoms with Gasteiger partial charge in [-0.15, -0.1) is 0 Å². The zero-order chi connectivity index (χ0) is 11.4. The average Bonchev–Trinajstić information content (AvgIpc) is 2.90. The number of aldehydes is 1. The van der Waals surface area contributed by atoms with Crippen LogP contribution in [0.5, 0.6) is 0 Å². The zero-order valence-corrected chi connectivity index (χ0v) is 9.22. The van der Waals surface area contributed by atoms with Crippen molar-refractivity contribution >= 4 is 6.29 Å². The molecule has 0 fully saturated rings.